The van der Waals surface area contributed by atoms with Gasteiger partial charge in [-0.25, -0.2) is 4.79 Å². The van der Waals surface area contributed by atoms with E-state index in [0.717, 1.165) is 19.4 Å². The van der Waals surface area contributed by atoms with Gasteiger partial charge in [0.1, 0.15) is 5.82 Å². The number of fused-ring (bicyclic) bond motifs is 1. The van der Waals surface area contributed by atoms with Gasteiger partial charge in [0.05, 0.1) is 0 Å². The topological polar surface area (TPSA) is 70.1 Å². The maximum atomic E-state index is 12.3. The summed E-state index contributed by atoms with van der Waals surface area (Å²) in [7, 11) is -1.82. The molecule has 6 heteroatoms. The molecule has 2 atom stereocenters. The average Bonchev–Trinajstić information content (AvgIpc) is 3.18. The monoisotopic (exact) mass is 400 g/mol. The van der Waals surface area contributed by atoms with Gasteiger partial charge < -0.3 is 10.2 Å². The molecule has 0 bridgehead atoms. The van der Waals surface area contributed by atoms with Crippen molar-refractivity contribution < 1.29 is 4.43 Å². The third-order valence-corrected chi connectivity index (χ3v) is 11.9. The number of nitrogens with two attached hydrogens (primary N) is 1. The Bertz CT molecular complexity index is 744. The zero-order valence-electron chi connectivity index (χ0n) is 18.0. The summed E-state index contributed by atoms with van der Waals surface area (Å²) in [6.45, 7) is 14.7. The Morgan fingerprint density at radius 1 is 1.32 bits per heavy atom. The number of aromatic nitrogens is 2. The number of nitrogens with zero attached hydrogens (tertiary/aromatic N) is 2. The molecule has 1 aromatic rings. The quantitative estimate of drug-likeness (QED) is 0.696. The molecule has 0 saturated heterocycles. The summed E-state index contributed by atoms with van der Waals surface area (Å²) in [6, 6.07) is 1.73. The molecule has 2 saturated carbocycles. The molecular weight excluding hydrogens is 366 g/mol. The summed E-state index contributed by atoms with van der Waals surface area (Å²) in [6.07, 6.45) is 10.1. The smallest absolute Gasteiger partial charge is 0.349 e. The van der Waals surface area contributed by atoms with Crippen molar-refractivity contribution in [1.29, 1.82) is 0 Å². The maximum absolute atomic E-state index is 12.3. The first-order valence-corrected chi connectivity index (χ1v) is 13.2. The average molecular weight is 401 g/mol. The van der Waals surface area contributed by atoms with Crippen LogP contribution in [0.5, 0.6) is 0 Å². The van der Waals surface area contributed by atoms with Gasteiger partial charge in [-0.1, -0.05) is 27.7 Å². The predicted molar refractivity (Wildman–Crippen MR) is 116 cm³/mol. The lowest BCUT2D eigenvalue weighted by Crippen LogP contribution is -2.45. The van der Waals surface area contributed by atoms with E-state index in [0.29, 0.717) is 11.8 Å². The molecule has 2 fully saturated rings. The van der Waals surface area contributed by atoms with E-state index in [-0.39, 0.29) is 22.6 Å². The van der Waals surface area contributed by atoms with Gasteiger partial charge in [-0.05, 0) is 74.1 Å². The Labute approximate surface area is 171 Å². The highest BCUT2D eigenvalue weighted by Crippen LogP contribution is 2.55. The van der Waals surface area contributed by atoms with E-state index in [9.17, 15) is 4.79 Å². The molecule has 0 aliphatic heterocycles. The minimum absolute atomic E-state index is 0.0351. The van der Waals surface area contributed by atoms with Crippen LogP contribution in [-0.4, -0.2) is 24.5 Å². The van der Waals surface area contributed by atoms with Gasteiger partial charge in [0.25, 0.3) is 0 Å². The molecule has 0 spiro atoms. The number of nitrogen functional groups attached to an aromatic ring is 1. The molecule has 2 aliphatic carbocycles. The molecule has 28 heavy (non-hydrogen) atoms. The van der Waals surface area contributed by atoms with E-state index in [1.165, 1.54) is 11.8 Å². The van der Waals surface area contributed by atoms with Gasteiger partial charge in [-0.2, -0.15) is 4.98 Å². The molecule has 1 heterocycles. The molecule has 0 aromatic carbocycles. The second-order valence-electron chi connectivity index (χ2n) is 9.45. The van der Waals surface area contributed by atoms with Crippen LogP contribution in [0.4, 0.5) is 5.82 Å². The van der Waals surface area contributed by atoms with Crippen LogP contribution in [0.2, 0.25) is 18.1 Å². The molecular formula is C22H34N3O2Si. The lowest BCUT2D eigenvalue weighted by atomic mass is 9.90. The van der Waals surface area contributed by atoms with Crippen LogP contribution in [0.15, 0.2) is 17.1 Å². The van der Waals surface area contributed by atoms with Crippen molar-refractivity contribution in [3.05, 3.63) is 53.8 Å². The standard InChI is InChI=1S/C22H34N3O2Si/c1-15(2)22(3,4)28(5,6)27-13-11-16-14-19(18-9-7-8-17(16)18)25-12-10-20(23)24-21(25)26/h7-10,12,15-16,19H,11,13-14H2,1-6H3,(H2,23,24,26)/t16-,19-/m1/s1. The molecule has 5 radical (unpaired) electrons. The van der Waals surface area contributed by atoms with E-state index in [1.807, 2.05) is 0 Å². The Hall–Kier alpha value is -1.14. The fraction of sp³-hybridized carbons (Fsp3) is 0.591. The Morgan fingerprint density at radius 2 is 2.00 bits per heavy atom. The fourth-order valence-corrected chi connectivity index (χ4v) is 6.57. The lowest BCUT2D eigenvalue weighted by molar-refractivity contribution is 0.244. The highest BCUT2D eigenvalue weighted by Gasteiger charge is 2.48. The number of rotatable bonds is 7. The summed E-state index contributed by atoms with van der Waals surface area (Å²) in [5.41, 5.74) is 5.38. The van der Waals surface area contributed by atoms with Crippen molar-refractivity contribution in [2.45, 2.75) is 64.7 Å². The molecule has 1 aromatic heterocycles. The summed E-state index contributed by atoms with van der Waals surface area (Å²) >= 11 is 0. The van der Waals surface area contributed by atoms with Crippen molar-refractivity contribution in [3.63, 3.8) is 0 Å². The summed E-state index contributed by atoms with van der Waals surface area (Å²) in [4.78, 5) is 16.2. The van der Waals surface area contributed by atoms with E-state index in [1.54, 1.807) is 16.8 Å². The van der Waals surface area contributed by atoms with Crippen LogP contribution in [0.3, 0.4) is 0 Å². The van der Waals surface area contributed by atoms with Crippen LogP contribution in [0, 0.1) is 42.9 Å². The van der Waals surface area contributed by atoms with Crippen molar-refractivity contribution in [1.82, 2.24) is 9.55 Å². The number of hydrogen-bond donors (Lipinski definition) is 1. The Morgan fingerprint density at radius 3 is 2.64 bits per heavy atom. The highest BCUT2D eigenvalue weighted by molar-refractivity contribution is 6.74. The van der Waals surface area contributed by atoms with Gasteiger partial charge in [0.2, 0.25) is 0 Å². The van der Waals surface area contributed by atoms with Gasteiger partial charge in [0, 0.05) is 24.8 Å². The highest BCUT2D eigenvalue weighted by atomic mass is 28.4. The van der Waals surface area contributed by atoms with Crippen LogP contribution >= 0.6 is 0 Å². The largest absolute Gasteiger partial charge is 0.417 e. The van der Waals surface area contributed by atoms with Gasteiger partial charge in [0.15, 0.2) is 8.32 Å². The SMILES string of the molecule is CC(C)C(C)(C)[Si](C)(C)OCC[C@@H]1C[C@@H](n2ccc(N)nc2=O)[C]2[CH][CH][CH][C]21. The second-order valence-corrected chi connectivity index (χ2v) is 14.0. The zero-order chi connectivity index (χ0) is 20.7. The van der Waals surface area contributed by atoms with E-state index in [2.05, 4.69) is 65.0 Å². The minimum atomic E-state index is -1.82. The lowest BCUT2D eigenvalue weighted by Gasteiger charge is -2.42. The first-order valence-electron chi connectivity index (χ1n) is 10.3. The molecule has 5 nitrogen and oxygen atoms in total. The maximum Gasteiger partial charge on any atom is 0.349 e. The fourth-order valence-electron chi connectivity index (χ4n) is 4.18. The first-order chi connectivity index (χ1) is 13.0. The van der Waals surface area contributed by atoms with E-state index in [4.69, 9.17) is 10.2 Å². The molecule has 0 amide bonds. The van der Waals surface area contributed by atoms with E-state index < -0.39 is 8.32 Å². The molecule has 2 N–H and O–H groups in total. The minimum Gasteiger partial charge on any atom is -0.417 e. The third kappa shape index (κ3) is 3.95. The normalized spacial score (nSPS) is 24.2. The number of hydrogen-bond acceptors (Lipinski definition) is 4. The van der Waals surface area contributed by atoms with Gasteiger partial charge >= 0.3 is 5.69 Å². The van der Waals surface area contributed by atoms with Crippen LogP contribution in [0.25, 0.3) is 0 Å². The Kier molecular flexibility index (Phi) is 6.11. The van der Waals surface area contributed by atoms with Crippen molar-refractivity contribution in [2.75, 3.05) is 12.3 Å². The van der Waals surface area contributed by atoms with Gasteiger partial charge in [-0.3, -0.25) is 4.57 Å². The van der Waals surface area contributed by atoms with E-state index >= 15 is 0 Å². The second kappa shape index (κ2) is 7.94. The molecule has 0 unspecified atom stereocenters. The molecule has 2 aliphatic rings. The van der Waals surface area contributed by atoms with Crippen molar-refractivity contribution in [2.24, 2.45) is 11.8 Å². The summed E-state index contributed by atoms with van der Waals surface area (Å²) < 4.78 is 8.25. The summed E-state index contributed by atoms with van der Waals surface area (Å²) in [5.74, 6) is 3.85. The van der Waals surface area contributed by atoms with Crippen LogP contribution in [-0.2, 0) is 4.43 Å². The van der Waals surface area contributed by atoms with Crippen LogP contribution < -0.4 is 11.4 Å². The van der Waals surface area contributed by atoms with Crippen LogP contribution in [0.1, 0.15) is 46.6 Å². The zero-order valence-corrected chi connectivity index (χ0v) is 19.0. The first kappa shape index (κ1) is 21.6. The van der Waals surface area contributed by atoms with Gasteiger partial charge in [-0.15, -0.1) is 0 Å². The Balaban J connectivity index is 1.66. The van der Waals surface area contributed by atoms with Crippen molar-refractivity contribution in [3.8, 4) is 0 Å². The molecule has 153 valence electrons. The predicted octanol–water partition coefficient (Wildman–Crippen LogP) is 4.21. The molecule has 3 rings (SSSR count). The van der Waals surface area contributed by atoms with Crippen molar-refractivity contribution >= 4 is 14.1 Å². The number of anilines is 1. The third-order valence-electron chi connectivity index (χ3n) is 7.30. The summed E-state index contributed by atoms with van der Waals surface area (Å²) in [5, 5.41) is 0.222.